The SMILES string of the molecule is O=C(N[C@@H](C(=O)N1CCC2(CCN(CC(=O)N3CCN(C(=O)c4cc(Cc5n[nH]c(=O)c6ccccc56)ccc4F)CC3)CC2)CC1)C1CCCCC1)c1cc(C2CCN(C(=O)C3CC3)CC2)ccc1F. The van der Waals surface area contributed by atoms with Crippen molar-refractivity contribution in [3.05, 3.63) is 111 Å². The number of hydrogen-bond donors (Lipinski definition) is 2. The first kappa shape index (κ1) is 48.6. The Hall–Kier alpha value is -6.03. The number of nitrogens with one attached hydrogen (secondary N) is 2. The summed E-state index contributed by atoms with van der Waals surface area (Å²) in [7, 11) is 0. The maximum atomic E-state index is 15.4. The molecule has 4 saturated heterocycles. The van der Waals surface area contributed by atoms with E-state index in [4.69, 9.17) is 0 Å². The van der Waals surface area contributed by atoms with Gasteiger partial charge in [0.1, 0.15) is 17.7 Å². The average Bonchev–Trinajstić information content (AvgIpc) is 4.26. The van der Waals surface area contributed by atoms with Crippen LogP contribution in [0.5, 0.6) is 0 Å². The lowest BCUT2D eigenvalue weighted by atomic mass is 9.71. The number of benzene rings is 3. The fourth-order valence-electron chi connectivity index (χ4n) is 12.1. The Morgan fingerprint density at radius 2 is 1.32 bits per heavy atom. The summed E-state index contributed by atoms with van der Waals surface area (Å²) in [5.74, 6) is -1.73. The molecule has 71 heavy (non-hydrogen) atoms. The van der Waals surface area contributed by atoms with E-state index in [0.717, 1.165) is 102 Å². The van der Waals surface area contributed by atoms with Gasteiger partial charge in [-0.15, -0.1) is 0 Å². The zero-order valence-corrected chi connectivity index (χ0v) is 40.6. The third-order valence-corrected chi connectivity index (χ3v) is 16.9. The number of aromatic nitrogens is 2. The molecule has 5 heterocycles. The Kier molecular flexibility index (Phi) is 14.4. The monoisotopic (exact) mass is 973 g/mol. The predicted octanol–water partition coefficient (Wildman–Crippen LogP) is 6.28. The van der Waals surface area contributed by atoms with E-state index in [-0.39, 0.29) is 64.1 Å². The number of hydrogen-bond acceptors (Lipinski definition) is 8. The molecular weight excluding hydrogens is 907 g/mol. The second-order valence-electron chi connectivity index (χ2n) is 21.3. The number of H-pyrrole nitrogens is 1. The molecule has 376 valence electrons. The Morgan fingerprint density at radius 1 is 0.676 bits per heavy atom. The highest BCUT2D eigenvalue weighted by Crippen LogP contribution is 2.42. The molecule has 2 aliphatic carbocycles. The Bertz CT molecular complexity index is 2700. The average molecular weight is 973 g/mol. The molecule has 4 aromatic rings. The largest absolute Gasteiger partial charge is 0.342 e. The molecule has 0 radical (unpaired) electrons. The molecule has 1 atom stereocenters. The third kappa shape index (κ3) is 10.8. The lowest BCUT2D eigenvalue weighted by Crippen LogP contribution is -2.56. The molecule has 6 aliphatic rings. The van der Waals surface area contributed by atoms with Gasteiger partial charge in [-0.3, -0.25) is 33.7 Å². The summed E-state index contributed by atoms with van der Waals surface area (Å²) in [5, 5.41) is 11.0. The molecule has 1 spiro atoms. The first-order chi connectivity index (χ1) is 34.4. The van der Waals surface area contributed by atoms with E-state index >= 15 is 8.78 Å². The summed E-state index contributed by atoms with van der Waals surface area (Å²) < 4.78 is 30.6. The Morgan fingerprint density at radius 3 is 2.03 bits per heavy atom. The van der Waals surface area contributed by atoms with Crippen LogP contribution >= 0.6 is 0 Å². The zero-order valence-electron chi connectivity index (χ0n) is 40.6. The van der Waals surface area contributed by atoms with Gasteiger partial charge in [0.25, 0.3) is 17.4 Å². The number of carbonyl (C=O) groups is 5. The van der Waals surface area contributed by atoms with Gasteiger partial charge >= 0.3 is 0 Å². The van der Waals surface area contributed by atoms with Crippen molar-refractivity contribution >= 4 is 40.3 Å². The van der Waals surface area contributed by atoms with Crippen molar-refractivity contribution in [1.29, 1.82) is 0 Å². The summed E-state index contributed by atoms with van der Waals surface area (Å²) in [6, 6.07) is 15.7. The van der Waals surface area contributed by atoms with Crippen molar-refractivity contribution in [2.45, 2.75) is 102 Å². The smallest absolute Gasteiger partial charge is 0.272 e. The van der Waals surface area contributed by atoms with Crippen LogP contribution < -0.4 is 10.9 Å². The number of piperidine rings is 3. The van der Waals surface area contributed by atoms with E-state index in [1.165, 1.54) is 12.1 Å². The second kappa shape index (κ2) is 21.0. The lowest BCUT2D eigenvalue weighted by Gasteiger charge is -2.47. The van der Waals surface area contributed by atoms with Crippen molar-refractivity contribution < 1.29 is 32.8 Å². The highest BCUT2D eigenvalue weighted by molar-refractivity contribution is 5.98. The van der Waals surface area contributed by atoms with Crippen LogP contribution in [0.15, 0.2) is 65.5 Å². The molecule has 6 fully saturated rings. The summed E-state index contributed by atoms with van der Waals surface area (Å²) in [6.45, 7) is 5.61. The van der Waals surface area contributed by atoms with E-state index in [1.54, 1.807) is 46.2 Å². The number of fused-ring (bicyclic) bond motifs is 1. The van der Waals surface area contributed by atoms with E-state index < -0.39 is 29.5 Å². The lowest BCUT2D eigenvalue weighted by molar-refractivity contribution is -0.139. The van der Waals surface area contributed by atoms with E-state index in [2.05, 4.69) is 20.4 Å². The van der Waals surface area contributed by atoms with Gasteiger partial charge in [0.05, 0.1) is 28.8 Å². The topological polar surface area (TPSA) is 159 Å². The number of likely N-dealkylation sites (tertiary alicyclic amines) is 3. The Labute approximate surface area is 413 Å². The number of carbonyl (C=O) groups excluding carboxylic acids is 5. The minimum atomic E-state index is -0.726. The van der Waals surface area contributed by atoms with Crippen LogP contribution in [0.3, 0.4) is 0 Å². The fourth-order valence-corrected chi connectivity index (χ4v) is 12.1. The van der Waals surface area contributed by atoms with Crippen LogP contribution in [-0.4, -0.2) is 142 Å². The van der Waals surface area contributed by atoms with E-state index in [0.29, 0.717) is 80.8 Å². The molecule has 4 aliphatic heterocycles. The van der Waals surface area contributed by atoms with Crippen molar-refractivity contribution in [1.82, 2.24) is 40.0 Å². The van der Waals surface area contributed by atoms with Gasteiger partial charge in [-0.25, -0.2) is 13.9 Å². The Balaban J connectivity index is 0.690. The van der Waals surface area contributed by atoms with Gasteiger partial charge in [-0.05, 0) is 136 Å². The molecule has 0 bridgehead atoms. The molecule has 16 heteroatoms. The highest BCUT2D eigenvalue weighted by atomic mass is 19.1. The van der Waals surface area contributed by atoms with Crippen LogP contribution in [-0.2, 0) is 20.8 Å². The van der Waals surface area contributed by atoms with Gasteiger partial charge in [0, 0.05) is 70.1 Å². The van der Waals surface area contributed by atoms with Crippen LogP contribution in [0.2, 0.25) is 0 Å². The molecular formula is C55H66F2N8O6. The first-order valence-corrected chi connectivity index (χ1v) is 26.1. The van der Waals surface area contributed by atoms with E-state index in [1.807, 2.05) is 21.9 Å². The predicted molar refractivity (Wildman–Crippen MR) is 263 cm³/mol. The van der Waals surface area contributed by atoms with Crippen LogP contribution in [0.25, 0.3) is 10.8 Å². The molecule has 2 N–H and O–H groups in total. The number of aromatic amines is 1. The molecule has 3 aromatic carbocycles. The van der Waals surface area contributed by atoms with Gasteiger partial charge in [-0.1, -0.05) is 49.6 Å². The summed E-state index contributed by atoms with van der Waals surface area (Å²) >= 11 is 0. The fraction of sp³-hybridized carbons (Fsp3) is 0.545. The molecule has 5 amide bonds. The van der Waals surface area contributed by atoms with Crippen molar-refractivity contribution in [3.8, 4) is 0 Å². The van der Waals surface area contributed by atoms with Gasteiger partial charge in [0.2, 0.25) is 17.7 Å². The summed E-state index contributed by atoms with van der Waals surface area (Å²) in [5.41, 5.74) is 1.90. The van der Waals surface area contributed by atoms with Gasteiger partial charge in [0.15, 0.2) is 0 Å². The minimum Gasteiger partial charge on any atom is -0.342 e. The molecule has 2 saturated carbocycles. The van der Waals surface area contributed by atoms with Crippen molar-refractivity contribution in [2.24, 2.45) is 17.3 Å². The van der Waals surface area contributed by atoms with Crippen molar-refractivity contribution in [3.63, 3.8) is 0 Å². The number of rotatable bonds is 11. The van der Waals surface area contributed by atoms with Crippen LogP contribution in [0.1, 0.15) is 127 Å². The molecule has 0 unspecified atom stereocenters. The highest BCUT2D eigenvalue weighted by Gasteiger charge is 2.42. The maximum absolute atomic E-state index is 15.4. The zero-order chi connectivity index (χ0) is 49.2. The van der Waals surface area contributed by atoms with Gasteiger partial charge in [-0.2, -0.15) is 5.10 Å². The number of piperazine rings is 1. The second-order valence-corrected chi connectivity index (χ2v) is 21.3. The first-order valence-electron chi connectivity index (χ1n) is 26.1. The minimum absolute atomic E-state index is 0.00633. The maximum Gasteiger partial charge on any atom is 0.272 e. The number of nitrogens with zero attached hydrogens (tertiary/aromatic N) is 6. The van der Waals surface area contributed by atoms with Gasteiger partial charge < -0.3 is 24.9 Å². The normalized spacial score (nSPS) is 20.8. The quantitative estimate of drug-likeness (QED) is 0.178. The number of halogens is 2. The summed E-state index contributed by atoms with van der Waals surface area (Å²) in [6.07, 6.45) is 12.0. The molecule has 1 aromatic heterocycles. The van der Waals surface area contributed by atoms with Crippen molar-refractivity contribution in [2.75, 3.05) is 72.0 Å². The standard InChI is InChI=1S/C55H66F2N8O6/c56-45-15-13-40(37-16-22-63(23-17-37)52(69)39-11-12-39)34-43(45)50(67)58-49(38-6-2-1-3-7-38)54(71)64-26-20-55(21-27-64)18-24-61(25-19-55)35-48(66)62-28-30-65(31-29-62)53(70)44-32-36(10-14-46(44)57)33-47-41-8-4-5-9-42(41)51(68)60-59-47/h4-5,8-10,13-15,32,34,37-39,49H,1-3,6-7,11-12,16-31,33,35H2,(H,58,67)(H,60,68)/t49-/m1/s1. The number of amides is 5. The molecule has 14 nitrogen and oxygen atoms in total. The molecule has 10 rings (SSSR count). The van der Waals surface area contributed by atoms with Crippen LogP contribution in [0.4, 0.5) is 8.78 Å². The van der Waals surface area contributed by atoms with E-state index in [9.17, 15) is 28.8 Å². The van der Waals surface area contributed by atoms with Crippen LogP contribution in [0, 0.1) is 28.9 Å². The summed E-state index contributed by atoms with van der Waals surface area (Å²) in [4.78, 5) is 90.0. The third-order valence-electron chi connectivity index (χ3n) is 16.9.